The second-order valence-corrected chi connectivity index (χ2v) is 5.09. The van der Waals surface area contributed by atoms with E-state index in [0.717, 1.165) is 11.3 Å². The lowest BCUT2D eigenvalue weighted by Crippen LogP contribution is -2.26. The first kappa shape index (κ1) is 17.5. The lowest BCUT2D eigenvalue weighted by atomic mass is 10.1. The van der Waals surface area contributed by atoms with E-state index in [9.17, 15) is 4.79 Å². The number of hydrogen-bond acceptors (Lipinski definition) is 4. The standard InChI is InChI=1S/C18H20N2O4/c1-12(13-7-9-16(23-3)10-8-13)24-20-17(19-2)14-5-4-6-15(11-14)18(21)22/h4-12H,1-3H3,(H,19,20)(H,21,22). The van der Waals surface area contributed by atoms with Crippen molar-refractivity contribution in [3.8, 4) is 5.75 Å². The molecule has 0 heterocycles. The number of hydroxylamine groups is 1. The summed E-state index contributed by atoms with van der Waals surface area (Å²) in [4.78, 5) is 20.8. The summed E-state index contributed by atoms with van der Waals surface area (Å²) in [5.41, 5.74) is 4.61. The Morgan fingerprint density at radius 3 is 2.42 bits per heavy atom. The first-order valence-electron chi connectivity index (χ1n) is 7.41. The Labute approximate surface area is 140 Å². The minimum Gasteiger partial charge on any atom is -0.497 e. The number of carbonyl (C=O) groups is 1. The molecule has 0 fully saturated rings. The van der Waals surface area contributed by atoms with Crippen molar-refractivity contribution >= 4 is 11.8 Å². The van der Waals surface area contributed by atoms with Gasteiger partial charge >= 0.3 is 5.97 Å². The highest BCUT2D eigenvalue weighted by atomic mass is 16.7. The van der Waals surface area contributed by atoms with E-state index in [4.69, 9.17) is 14.7 Å². The number of nitrogens with one attached hydrogen (secondary N) is 1. The Balaban J connectivity index is 2.05. The van der Waals surface area contributed by atoms with Crippen LogP contribution < -0.4 is 10.2 Å². The van der Waals surface area contributed by atoms with Gasteiger partial charge in [-0.15, -0.1) is 0 Å². The molecule has 0 saturated heterocycles. The summed E-state index contributed by atoms with van der Waals surface area (Å²) in [6.07, 6.45) is -0.227. The molecule has 0 saturated carbocycles. The predicted octanol–water partition coefficient (Wildman–Crippen LogP) is 3.05. The molecular formula is C18H20N2O4. The molecule has 0 aliphatic carbocycles. The van der Waals surface area contributed by atoms with Gasteiger partial charge in [0, 0.05) is 12.6 Å². The lowest BCUT2D eigenvalue weighted by molar-refractivity contribution is 0.0208. The fourth-order valence-corrected chi connectivity index (χ4v) is 2.12. The first-order chi connectivity index (χ1) is 11.5. The summed E-state index contributed by atoms with van der Waals surface area (Å²) in [5.74, 6) is 0.249. The number of hydrogen-bond donors (Lipinski definition) is 2. The number of rotatable bonds is 6. The van der Waals surface area contributed by atoms with Crippen molar-refractivity contribution in [2.75, 3.05) is 14.2 Å². The number of methoxy groups -OCH3 is 1. The maximum atomic E-state index is 11.1. The van der Waals surface area contributed by atoms with Gasteiger partial charge in [-0.25, -0.2) is 10.3 Å². The van der Waals surface area contributed by atoms with Gasteiger partial charge in [-0.2, -0.15) is 0 Å². The fourth-order valence-electron chi connectivity index (χ4n) is 2.12. The van der Waals surface area contributed by atoms with Crippen LogP contribution >= 0.6 is 0 Å². The van der Waals surface area contributed by atoms with Crippen molar-refractivity contribution in [2.45, 2.75) is 13.0 Å². The average molecular weight is 328 g/mol. The summed E-state index contributed by atoms with van der Waals surface area (Å²) < 4.78 is 5.13. The highest BCUT2D eigenvalue weighted by molar-refractivity contribution is 6.00. The van der Waals surface area contributed by atoms with Gasteiger partial charge in [0.05, 0.1) is 12.7 Å². The van der Waals surface area contributed by atoms with Crippen LogP contribution in [0.3, 0.4) is 0 Å². The van der Waals surface area contributed by atoms with Gasteiger partial charge in [-0.3, -0.25) is 9.83 Å². The maximum Gasteiger partial charge on any atom is 0.335 e. The Morgan fingerprint density at radius 1 is 1.17 bits per heavy atom. The van der Waals surface area contributed by atoms with E-state index in [2.05, 4.69) is 10.5 Å². The summed E-state index contributed by atoms with van der Waals surface area (Å²) in [7, 11) is 3.23. The molecule has 6 nitrogen and oxygen atoms in total. The Hall–Kier alpha value is -2.86. The number of carboxylic acid groups (broad SMARTS) is 1. The lowest BCUT2D eigenvalue weighted by Gasteiger charge is -2.16. The summed E-state index contributed by atoms with van der Waals surface area (Å²) >= 11 is 0. The zero-order valence-electron chi connectivity index (χ0n) is 13.8. The number of aliphatic imine (C=N–C) groups is 1. The van der Waals surface area contributed by atoms with Crippen molar-refractivity contribution in [3.63, 3.8) is 0 Å². The largest absolute Gasteiger partial charge is 0.497 e. The van der Waals surface area contributed by atoms with Crippen molar-refractivity contribution < 1.29 is 19.5 Å². The molecule has 0 bridgehead atoms. The molecule has 6 heteroatoms. The van der Waals surface area contributed by atoms with Gasteiger partial charge < -0.3 is 9.84 Å². The van der Waals surface area contributed by atoms with E-state index in [1.54, 1.807) is 32.4 Å². The number of nitrogens with zero attached hydrogens (tertiary/aromatic N) is 1. The monoisotopic (exact) mass is 328 g/mol. The van der Waals surface area contributed by atoms with Crippen LogP contribution in [-0.4, -0.2) is 31.1 Å². The third kappa shape index (κ3) is 4.33. The molecule has 126 valence electrons. The molecule has 24 heavy (non-hydrogen) atoms. The minimum absolute atomic E-state index is 0.193. The summed E-state index contributed by atoms with van der Waals surface area (Å²) in [6.45, 7) is 1.90. The smallest absolute Gasteiger partial charge is 0.335 e. The third-order valence-corrected chi connectivity index (χ3v) is 3.52. The molecule has 0 aliphatic heterocycles. The molecule has 2 rings (SSSR count). The van der Waals surface area contributed by atoms with E-state index in [1.165, 1.54) is 6.07 Å². The van der Waals surface area contributed by atoms with Crippen LogP contribution in [0.4, 0.5) is 0 Å². The number of aromatic carboxylic acids is 1. The van der Waals surface area contributed by atoms with Crippen molar-refractivity contribution in [2.24, 2.45) is 4.99 Å². The summed E-state index contributed by atoms with van der Waals surface area (Å²) in [5, 5.41) is 9.07. The third-order valence-electron chi connectivity index (χ3n) is 3.52. The highest BCUT2D eigenvalue weighted by Gasteiger charge is 2.11. The first-order valence-corrected chi connectivity index (χ1v) is 7.41. The summed E-state index contributed by atoms with van der Waals surface area (Å²) in [6, 6.07) is 14.1. The van der Waals surface area contributed by atoms with Crippen LogP contribution in [0.25, 0.3) is 0 Å². The van der Waals surface area contributed by atoms with Gasteiger partial charge in [0.25, 0.3) is 0 Å². The predicted molar refractivity (Wildman–Crippen MR) is 91.5 cm³/mol. The van der Waals surface area contributed by atoms with Crippen LogP contribution in [0, 0.1) is 0 Å². The van der Waals surface area contributed by atoms with E-state index in [0.29, 0.717) is 11.4 Å². The van der Waals surface area contributed by atoms with Gasteiger partial charge in [0.15, 0.2) is 5.84 Å². The molecular weight excluding hydrogens is 308 g/mol. The normalized spacial score (nSPS) is 12.5. The van der Waals surface area contributed by atoms with Crippen molar-refractivity contribution in [3.05, 3.63) is 65.2 Å². The molecule has 0 aliphatic rings. The number of ether oxygens (including phenoxy) is 1. The van der Waals surface area contributed by atoms with Gasteiger partial charge in [0.1, 0.15) is 11.9 Å². The Morgan fingerprint density at radius 2 is 1.83 bits per heavy atom. The molecule has 0 amide bonds. The van der Waals surface area contributed by atoms with Gasteiger partial charge in [-0.05, 0) is 36.8 Å². The quantitative estimate of drug-likeness (QED) is 0.484. The topological polar surface area (TPSA) is 80.2 Å². The molecule has 1 atom stereocenters. The zero-order chi connectivity index (χ0) is 17.5. The van der Waals surface area contributed by atoms with Crippen LogP contribution in [0.2, 0.25) is 0 Å². The SMILES string of the molecule is CN=C(NOC(C)c1ccc(OC)cc1)c1cccc(C(=O)O)c1. The minimum atomic E-state index is -0.986. The van der Waals surface area contributed by atoms with E-state index in [-0.39, 0.29) is 11.7 Å². The highest BCUT2D eigenvalue weighted by Crippen LogP contribution is 2.19. The second kappa shape index (κ2) is 8.12. The number of amidine groups is 1. The molecule has 2 aromatic carbocycles. The van der Waals surface area contributed by atoms with E-state index >= 15 is 0 Å². The van der Waals surface area contributed by atoms with Gasteiger partial charge in [0.2, 0.25) is 0 Å². The molecule has 0 spiro atoms. The van der Waals surface area contributed by atoms with Crippen molar-refractivity contribution in [1.29, 1.82) is 0 Å². The second-order valence-electron chi connectivity index (χ2n) is 5.09. The number of carboxylic acids is 1. The molecule has 1 unspecified atom stereocenters. The van der Waals surface area contributed by atoms with E-state index in [1.807, 2.05) is 31.2 Å². The van der Waals surface area contributed by atoms with Crippen LogP contribution in [0.15, 0.2) is 53.5 Å². The molecule has 2 N–H and O–H groups in total. The van der Waals surface area contributed by atoms with Gasteiger partial charge in [-0.1, -0.05) is 24.3 Å². The van der Waals surface area contributed by atoms with Crippen LogP contribution in [0.1, 0.15) is 34.5 Å². The average Bonchev–Trinajstić information content (AvgIpc) is 2.62. The number of benzene rings is 2. The Kier molecular flexibility index (Phi) is 5.92. The Bertz CT molecular complexity index is 726. The van der Waals surface area contributed by atoms with Crippen LogP contribution in [-0.2, 0) is 4.84 Å². The van der Waals surface area contributed by atoms with Crippen LogP contribution in [0.5, 0.6) is 5.75 Å². The maximum absolute atomic E-state index is 11.1. The molecule has 2 aromatic rings. The van der Waals surface area contributed by atoms with Crippen molar-refractivity contribution in [1.82, 2.24) is 5.48 Å². The molecule has 0 aromatic heterocycles. The zero-order valence-corrected chi connectivity index (χ0v) is 13.8. The molecule has 0 radical (unpaired) electrons. The fraction of sp³-hybridized carbons (Fsp3) is 0.222. The van der Waals surface area contributed by atoms with E-state index < -0.39 is 5.97 Å².